The van der Waals surface area contributed by atoms with Crippen molar-refractivity contribution < 1.29 is 4.79 Å². The molecule has 0 bridgehead atoms. The van der Waals surface area contributed by atoms with Crippen molar-refractivity contribution in [2.24, 2.45) is 0 Å². The maximum Gasteiger partial charge on any atom is 0.251 e. The van der Waals surface area contributed by atoms with Crippen molar-refractivity contribution in [3.8, 4) is 0 Å². The molecule has 1 unspecified atom stereocenters. The highest BCUT2D eigenvalue weighted by molar-refractivity contribution is 7.97. The van der Waals surface area contributed by atoms with Gasteiger partial charge < -0.3 is 10.2 Å². The van der Waals surface area contributed by atoms with Gasteiger partial charge in [0.25, 0.3) is 5.91 Å². The third-order valence-corrected chi connectivity index (χ3v) is 5.07. The molecule has 0 saturated heterocycles. The lowest BCUT2D eigenvalue weighted by Gasteiger charge is -2.23. The SMILES string of the molecule is CSCc1ccc(C(=O)NCC(c2cccs2)N(C)C)cc1. The Bertz CT molecular complexity index is 579. The number of carbonyl (C=O) groups excluding carboxylic acids is 1. The van der Waals surface area contributed by atoms with Crippen LogP contribution in [0, 0.1) is 0 Å². The number of carbonyl (C=O) groups is 1. The molecule has 22 heavy (non-hydrogen) atoms. The molecule has 1 aromatic carbocycles. The first kappa shape index (κ1) is 17.1. The van der Waals surface area contributed by atoms with E-state index < -0.39 is 0 Å². The van der Waals surface area contributed by atoms with E-state index >= 15 is 0 Å². The second-order valence-electron chi connectivity index (χ2n) is 5.33. The number of hydrogen-bond donors (Lipinski definition) is 1. The number of nitrogens with one attached hydrogen (secondary N) is 1. The molecule has 3 nitrogen and oxygen atoms in total. The van der Waals surface area contributed by atoms with Crippen molar-refractivity contribution in [3.05, 3.63) is 57.8 Å². The molecule has 1 heterocycles. The molecule has 0 radical (unpaired) electrons. The van der Waals surface area contributed by atoms with E-state index in [1.165, 1.54) is 10.4 Å². The second kappa shape index (κ2) is 8.36. The molecule has 1 atom stereocenters. The molecule has 2 aromatic rings. The molecular formula is C17H22N2OS2. The molecule has 5 heteroatoms. The van der Waals surface area contributed by atoms with Crippen molar-refractivity contribution >= 4 is 29.0 Å². The summed E-state index contributed by atoms with van der Waals surface area (Å²) >= 11 is 3.50. The molecule has 118 valence electrons. The van der Waals surface area contributed by atoms with E-state index in [1.807, 2.05) is 44.4 Å². The minimum absolute atomic E-state index is 0.0147. The van der Waals surface area contributed by atoms with E-state index in [1.54, 1.807) is 23.1 Å². The fourth-order valence-corrected chi connectivity index (χ4v) is 3.68. The summed E-state index contributed by atoms with van der Waals surface area (Å²) in [6, 6.07) is 12.2. The summed E-state index contributed by atoms with van der Waals surface area (Å²) in [5.74, 6) is 0.960. The van der Waals surface area contributed by atoms with Crippen molar-refractivity contribution in [3.63, 3.8) is 0 Å². The van der Waals surface area contributed by atoms with Crippen LogP contribution in [-0.2, 0) is 5.75 Å². The van der Waals surface area contributed by atoms with Gasteiger partial charge in [-0.15, -0.1) is 11.3 Å². The minimum atomic E-state index is -0.0147. The van der Waals surface area contributed by atoms with Gasteiger partial charge in [-0.3, -0.25) is 4.79 Å². The Labute approximate surface area is 140 Å². The van der Waals surface area contributed by atoms with Crippen LogP contribution in [0.25, 0.3) is 0 Å². The molecule has 0 fully saturated rings. The van der Waals surface area contributed by atoms with E-state index in [0.29, 0.717) is 12.1 Å². The molecule has 1 N–H and O–H groups in total. The number of rotatable bonds is 7. The average Bonchev–Trinajstić information content (AvgIpc) is 3.02. The smallest absolute Gasteiger partial charge is 0.251 e. The minimum Gasteiger partial charge on any atom is -0.350 e. The van der Waals surface area contributed by atoms with Crippen LogP contribution >= 0.6 is 23.1 Å². The van der Waals surface area contributed by atoms with E-state index in [9.17, 15) is 4.79 Å². The van der Waals surface area contributed by atoms with E-state index in [2.05, 4.69) is 27.9 Å². The maximum absolute atomic E-state index is 12.3. The van der Waals surface area contributed by atoms with Crippen molar-refractivity contribution in [1.29, 1.82) is 0 Å². The van der Waals surface area contributed by atoms with Gasteiger partial charge in [0.15, 0.2) is 0 Å². The number of likely N-dealkylation sites (N-methyl/N-ethyl adjacent to an activating group) is 1. The molecular weight excluding hydrogens is 312 g/mol. The third kappa shape index (κ3) is 4.60. The van der Waals surface area contributed by atoms with E-state index in [0.717, 1.165) is 5.75 Å². The first-order chi connectivity index (χ1) is 10.6. The highest BCUT2D eigenvalue weighted by Gasteiger charge is 2.16. The van der Waals surface area contributed by atoms with Gasteiger partial charge >= 0.3 is 0 Å². The largest absolute Gasteiger partial charge is 0.350 e. The Kier molecular flexibility index (Phi) is 6.49. The molecule has 1 amide bonds. The fraction of sp³-hybridized carbons (Fsp3) is 0.353. The standard InChI is InChI=1S/C17H22N2OS2/c1-19(2)15(16-5-4-10-22-16)11-18-17(20)14-8-6-13(7-9-14)12-21-3/h4-10,15H,11-12H2,1-3H3,(H,18,20). The van der Waals surface area contributed by atoms with Crippen LogP contribution in [0.4, 0.5) is 0 Å². The van der Waals surface area contributed by atoms with Crippen LogP contribution < -0.4 is 5.32 Å². The van der Waals surface area contributed by atoms with Crippen molar-refractivity contribution in [2.45, 2.75) is 11.8 Å². The summed E-state index contributed by atoms with van der Waals surface area (Å²) in [6.45, 7) is 0.610. The first-order valence-electron chi connectivity index (χ1n) is 7.17. The summed E-state index contributed by atoms with van der Waals surface area (Å²) in [7, 11) is 4.07. The zero-order chi connectivity index (χ0) is 15.9. The lowest BCUT2D eigenvalue weighted by Crippen LogP contribution is -2.34. The van der Waals surface area contributed by atoms with Crippen LogP contribution in [0.5, 0.6) is 0 Å². The maximum atomic E-state index is 12.3. The summed E-state index contributed by atoms with van der Waals surface area (Å²) in [4.78, 5) is 15.7. The highest BCUT2D eigenvalue weighted by Crippen LogP contribution is 2.22. The molecule has 0 spiro atoms. The molecule has 2 rings (SSSR count). The fourth-order valence-electron chi connectivity index (χ4n) is 2.23. The third-order valence-electron chi connectivity index (χ3n) is 3.48. The highest BCUT2D eigenvalue weighted by atomic mass is 32.2. The van der Waals surface area contributed by atoms with Crippen LogP contribution in [0.2, 0.25) is 0 Å². The van der Waals surface area contributed by atoms with Gasteiger partial charge in [-0.05, 0) is 49.5 Å². The number of thioether (sulfide) groups is 1. The van der Waals surface area contributed by atoms with Gasteiger partial charge in [-0.2, -0.15) is 11.8 Å². The van der Waals surface area contributed by atoms with Crippen molar-refractivity contribution in [2.75, 3.05) is 26.9 Å². The number of nitrogens with zero attached hydrogens (tertiary/aromatic N) is 1. The van der Waals surface area contributed by atoms with Crippen LogP contribution in [0.3, 0.4) is 0 Å². The predicted octanol–water partition coefficient (Wildman–Crippen LogP) is 3.64. The van der Waals surface area contributed by atoms with Crippen LogP contribution in [0.15, 0.2) is 41.8 Å². The Balaban J connectivity index is 1.96. The summed E-state index contributed by atoms with van der Waals surface area (Å²) in [6.07, 6.45) is 2.08. The Morgan fingerprint density at radius 3 is 2.55 bits per heavy atom. The van der Waals surface area contributed by atoms with Gasteiger partial charge in [-0.1, -0.05) is 18.2 Å². The second-order valence-corrected chi connectivity index (χ2v) is 7.18. The predicted molar refractivity (Wildman–Crippen MR) is 96.7 cm³/mol. The Morgan fingerprint density at radius 2 is 2.00 bits per heavy atom. The van der Waals surface area contributed by atoms with E-state index in [-0.39, 0.29) is 11.9 Å². The van der Waals surface area contributed by atoms with E-state index in [4.69, 9.17) is 0 Å². The average molecular weight is 335 g/mol. The molecule has 0 aliphatic rings. The van der Waals surface area contributed by atoms with Crippen molar-refractivity contribution in [1.82, 2.24) is 10.2 Å². The number of amides is 1. The quantitative estimate of drug-likeness (QED) is 0.839. The Hall–Kier alpha value is -1.30. The van der Waals surface area contributed by atoms with Gasteiger partial charge in [0.05, 0.1) is 6.04 Å². The lowest BCUT2D eigenvalue weighted by atomic mass is 10.1. The summed E-state index contributed by atoms with van der Waals surface area (Å²) in [5.41, 5.74) is 1.96. The number of benzene rings is 1. The number of hydrogen-bond acceptors (Lipinski definition) is 4. The number of thiophene rings is 1. The first-order valence-corrected chi connectivity index (χ1v) is 9.45. The molecule has 0 aliphatic heterocycles. The summed E-state index contributed by atoms with van der Waals surface area (Å²) in [5, 5.41) is 5.11. The van der Waals surface area contributed by atoms with Gasteiger partial charge in [0.2, 0.25) is 0 Å². The van der Waals surface area contributed by atoms with Gasteiger partial charge in [0.1, 0.15) is 0 Å². The molecule has 0 saturated carbocycles. The zero-order valence-electron chi connectivity index (χ0n) is 13.2. The molecule has 1 aromatic heterocycles. The Morgan fingerprint density at radius 1 is 1.27 bits per heavy atom. The topological polar surface area (TPSA) is 32.3 Å². The molecule has 0 aliphatic carbocycles. The zero-order valence-corrected chi connectivity index (χ0v) is 14.8. The monoisotopic (exact) mass is 334 g/mol. The van der Waals surface area contributed by atoms with Crippen LogP contribution in [-0.4, -0.2) is 37.7 Å². The van der Waals surface area contributed by atoms with Crippen LogP contribution in [0.1, 0.15) is 26.8 Å². The normalized spacial score (nSPS) is 12.4. The summed E-state index contributed by atoms with van der Waals surface area (Å²) < 4.78 is 0. The van der Waals surface area contributed by atoms with Gasteiger partial charge in [0, 0.05) is 22.7 Å². The van der Waals surface area contributed by atoms with Gasteiger partial charge in [-0.25, -0.2) is 0 Å². The lowest BCUT2D eigenvalue weighted by molar-refractivity contribution is 0.0942.